The minimum absolute atomic E-state index is 0.164. The zero-order valence-corrected chi connectivity index (χ0v) is 12.8. The van der Waals surface area contributed by atoms with Crippen LogP contribution in [0.25, 0.3) is 5.69 Å². The molecule has 0 fully saturated rings. The Morgan fingerprint density at radius 2 is 2.05 bits per heavy atom. The van der Waals surface area contributed by atoms with E-state index in [1.807, 2.05) is 0 Å². The maximum absolute atomic E-state index is 13.9. The molecule has 108 valence electrons. The fourth-order valence-electron chi connectivity index (χ4n) is 1.74. The number of rotatable bonds is 5. The van der Waals surface area contributed by atoms with Crippen molar-refractivity contribution in [2.45, 2.75) is 20.4 Å². The van der Waals surface area contributed by atoms with E-state index in [9.17, 15) is 8.78 Å². The summed E-state index contributed by atoms with van der Waals surface area (Å²) in [6.07, 6.45) is 1.56. The summed E-state index contributed by atoms with van der Waals surface area (Å²) in [4.78, 5) is 0. The van der Waals surface area contributed by atoms with Crippen molar-refractivity contribution in [2.75, 3.05) is 6.54 Å². The second-order valence-electron chi connectivity index (χ2n) is 4.88. The Bertz CT molecular complexity index is 598. The summed E-state index contributed by atoms with van der Waals surface area (Å²) in [5.74, 6) is -0.816. The molecule has 0 amide bonds. The van der Waals surface area contributed by atoms with E-state index in [0.29, 0.717) is 18.2 Å². The third-order valence-electron chi connectivity index (χ3n) is 2.70. The SMILES string of the molecule is CC(C)CNCc1cnnn1-c1cc(Br)c(F)cc1F. The number of benzene rings is 1. The van der Waals surface area contributed by atoms with Gasteiger partial charge in [-0.1, -0.05) is 19.1 Å². The highest BCUT2D eigenvalue weighted by Gasteiger charge is 2.14. The molecule has 1 N–H and O–H groups in total. The van der Waals surface area contributed by atoms with Gasteiger partial charge in [-0.25, -0.2) is 13.5 Å². The second kappa shape index (κ2) is 6.41. The maximum Gasteiger partial charge on any atom is 0.151 e. The molecule has 1 heterocycles. The van der Waals surface area contributed by atoms with Crippen molar-refractivity contribution in [2.24, 2.45) is 5.92 Å². The van der Waals surface area contributed by atoms with Crippen LogP contribution in [-0.4, -0.2) is 21.5 Å². The highest BCUT2D eigenvalue weighted by molar-refractivity contribution is 9.10. The summed E-state index contributed by atoms with van der Waals surface area (Å²) < 4.78 is 28.7. The van der Waals surface area contributed by atoms with Gasteiger partial charge in [0.2, 0.25) is 0 Å². The standard InChI is InChI=1S/C13H15BrF2N4/c1-8(2)5-17-6-9-7-18-19-20(9)13-3-10(14)11(15)4-12(13)16/h3-4,7-8,17H,5-6H2,1-2H3. The molecule has 0 radical (unpaired) electrons. The van der Waals surface area contributed by atoms with Gasteiger partial charge < -0.3 is 5.32 Å². The monoisotopic (exact) mass is 344 g/mol. The minimum atomic E-state index is -0.679. The fraction of sp³-hybridized carbons (Fsp3) is 0.385. The van der Waals surface area contributed by atoms with E-state index >= 15 is 0 Å². The van der Waals surface area contributed by atoms with Gasteiger partial charge in [-0.15, -0.1) is 5.10 Å². The topological polar surface area (TPSA) is 42.7 Å². The highest BCUT2D eigenvalue weighted by Crippen LogP contribution is 2.23. The molecule has 1 aromatic heterocycles. The zero-order chi connectivity index (χ0) is 14.7. The van der Waals surface area contributed by atoms with Crippen molar-refractivity contribution >= 4 is 15.9 Å². The molecular formula is C13H15BrF2N4. The first-order valence-electron chi connectivity index (χ1n) is 6.24. The number of aromatic nitrogens is 3. The Morgan fingerprint density at radius 1 is 1.30 bits per heavy atom. The lowest BCUT2D eigenvalue weighted by molar-refractivity contribution is 0.535. The molecule has 2 aromatic rings. The number of hydrogen-bond acceptors (Lipinski definition) is 3. The predicted molar refractivity (Wildman–Crippen MR) is 75.5 cm³/mol. The molecule has 0 aliphatic carbocycles. The summed E-state index contributed by atoms with van der Waals surface area (Å²) in [7, 11) is 0. The van der Waals surface area contributed by atoms with Gasteiger partial charge in [-0.3, -0.25) is 0 Å². The van der Waals surface area contributed by atoms with Crippen molar-refractivity contribution < 1.29 is 8.78 Å². The molecule has 0 saturated carbocycles. The van der Waals surface area contributed by atoms with Crippen LogP contribution in [0.1, 0.15) is 19.5 Å². The van der Waals surface area contributed by atoms with Gasteiger partial charge in [0.1, 0.15) is 11.5 Å². The molecule has 4 nitrogen and oxygen atoms in total. The second-order valence-corrected chi connectivity index (χ2v) is 5.73. The van der Waals surface area contributed by atoms with Crippen molar-refractivity contribution in [3.05, 3.63) is 40.1 Å². The van der Waals surface area contributed by atoms with Gasteiger partial charge in [-0.05, 0) is 34.5 Å². The van der Waals surface area contributed by atoms with Crippen LogP contribution in [0.3, 0.4) is 0 Å². The summed E-state index contributed by atoms with van der Waals surface area (Å²) in [6.45, 7) is 5.54. The van der Waals surface area contributed by atoms with Crippen molar-refractivity contribution in [3.63, 3.8) is 0 Å². The molecule has 1 aromatic carbocycles. The number of nitrogens with one attached hydrogen (secondary N) is 1. The van der Waals surface area contributed by atoms with E-state index in [1.165, 1.54) is 10.7 Å². The van der Waals surface area contributed by atoms with Crippen LogP contribution in [-0.2, 0) is 6.54 Å². The summed E-state index contributed by atoms with van der Waals surface area (Å²) in [5.41, 5.74) is 0.875. The van der Waals surface area contributed by atoms with Crippen LogP contribution < -0.4 is 5.32 Å². The van der Waals surface area contributed by atoms with E-state index in [0.717, 1.165) is 12.6 Å². The van der Waals surface area contributed by atoms with Crippen LogP contribution in [0.15, 0.2) is 22.8 Å². The zero-order valence-electron chi connectivity index (χ0n) is 11.2. The van der Waals surface area contributed by atoms with E-state index in [4.69, 9.17) is 0 Å². The average molecular weight is 345 g/mol. The molecule has 0 spiro atoms. The first kappa shape index (κ1) is 15.1. The first-order valence-corrected chi connectivity index (χ1v) is 7.03. The van der Waals surface area contributed by atoms with Crippen LogP contribution in [0.4, 0.5) is 8.78 Å². The quantitative estimate of drug-likeness (QED) is 0.847. The summed E-state index contributed by atoms with van der Waals surface area (Å²) >= 11 is 3.04. The van der Waals surface area contributed by atoms with E-state index in [2.05, 4.69) is 45.4 Å². The molecule has 7 heteroatoms. The number of hydrogen-bond donors (Lipinski definition) is 1. The van der Waals surface area contributed by atoms with Crippen LogP contribution >= 0.6 is 15.9 Å². The predicted octanol–water partition coefficient (Wildman–Crippen LogP) is 3.05. The Kier molecular flexibility index (Phi) is 4.82. The van der Waals surface area contributed by atoms with Gasteiger partial charge in [0, 0.05) is 12.6 Å². The summed E-state index contributed by atoms with van der Waals surface area (Å²) in [6, 6.07) is 2.18. The van der Waals surface area contributed by atoms with Gasteiger partial charge in [0.05, 0.1) is 16.4 Å². The highest BCUT2D eigenvalue weighted by atomic mass is 79.9. The average Bonchev–Trinajstić information content (AvgIpc) is 2.81. The lowest BCUT2D eigenvalue weighted by Crippen LogP contribution is -2.21. The largest absolute Gasteiger partial charge is 0.311 e. The molecule has 0 atom stereocenters. The van der Waals surface area contributed by atoms with E-state index < -0.39 is 11.6 Å². The first-order chi connectivity index (χ1) is 9.49. The van der Waals surface area contributed by atoms with Crippen molar-refractivity contribution in [1.29, 1.82) is 0 Å². The molecule has 0 unspecified atom stereocenters. The molecule has 20 heavy (non-hydrogen) atoms. The molecule has 0 saturated heterocycles. The van der Waals surface area contributed by atoms with Gasteiger partial charge in [0.15, 0.2) is 5.82 Å². The molecule has 2 rings (SSSR count). The van der Waals surface area contributed by atoms with Crippen molar-refractivity contribution in [1.82, 2.24) is 20.3 Å². The molecular weight excluding hydrogens is 330 g/mol. The smallest absolute Gasteiger partial charge is 0.151 e. The van der Waals surface area contributed by atoms with Crippen LogP contribution in [0, 0.1) is 17.6 Å². The Labute approximate surface area is 124 Å². The summed E-state index contributed by atoms with van der Waals surface area (Å²) in [5, 5.41) is 10.9. The lowest BCUT2D eigenvalue weighted by Gasteiger charge is -2.10. The normalized spacial score (nSPS) is 11.3. The number of halogens is 3. The molecule has 0 aliphatic rings. The Hall–Kier alpha value is -1.34. The fourth-order valence-corrected chi connectivity index (χ4v) is 2.07. The number of nitrogens with zero attached hydrogens (tertiary/aromatic N) is 3. The van der Waals surface area contributed by atoms with E-state index in [-0.39, 0.29) is 10.2 Å². The van der Waals surface area contributed by atoms with Crippen LogP contribution in [0.5, 0.6) is 0 Å². The third kappa shape index (κ3) is 3.40. The van der Waals surface area contributed by atoms with Gasteiger partial charge in [-0.2, -0.15) is 0 Å². The van der Waals surface area contributed by atoms with Crippen molar-refractivity contribution in [3.8, 4) is 5.69 Å². The minimum Gasteiger partial charge on any atom is -0.311 e. The van der Waals surface area contributed by atoms with Gasteiger partial charge >= 0.3 is 0 Å². The molecule has 0 bridgehead atoms. The van der Waals surface area contributed by atoms with Crippen LogP contribution in [0.2, 0.25) is 0 Å². The Balaban J connectivity index is 2.25. The maximum atomic E-state index is 13.9. The van der Waals surface area contributed by atoms with E-state index in [1.54, 1.807) is 6.20 Å². The molecule has 0 aliphatic heterocycles. The van der Waals surface area contributed by atoms with Gasteiger partial charge in [0.25, 0.3) is 0 Å². The third-order valence-corrected chi connectivity index (χ3v) is 3.30. The lowest BCUT2D eigenvalue weighted by atomic mass is 10.2. The Morgan fingerprint density at radius 3 is 2.75 bits per heavy atom.